The lowest BCUT2D eigenvalue weighted by atomic mass is 10.1. The van der Waals surface area contributed by atoms with Gasteiger partial charge in [0.2, 0.25) is 0 Å². The minimum absolute atomic E-state index is 0.287. The fraction of sp³-hybridized carbons (Fsp3) is 0.400. The summed E-state index contributed by atoms with van der Waals surface area (Å²) in [4.78, 5) is 0.287. The van der Waals surface area contributed by atoms with Crippen molar-refractivity contribution in [2.45, 2.75) is 56.0 Å². The van der Waals surface area contributed by atoms with Gasteiger partial charge in [0.15, 0.2) is 0 Å². The van der Waals surface area contributed by atoms with Crippen LogP contribution in [0.25, 0.3) is 0 Å². The Labute approximate surface area is 150 Å². The Morgan fingerprint density at radius 3 is 2.12 bits per heavy atom. The molecule has 0 heterocycles. The van der Waals surface area contributed by atoms with Gasteiger partial charge in [0.05, 0.1) is 4.90 Å². The minimum atomic E-state index is -3.54. The number of sulfonamides is 1. The highest BCUT2D eigenvalue weighted by Crippen LogP contribution is 2.19. The average molecular weight is 359 g/mol. The Bertz CT molecular complexity index is 750. The summed E-state index contributed by atoms with van der Waals surface area (Å²) in [5.41, 5.74) is 1.68. The molecule has 0 bridgehead atoms. The molecule has 0 saturated heterocycles. The lowest BCUT2D eigenvalue weighted by Crippen LogP contribution is -2.27. The number of nitrogens with one attached hydrogen (secondary N) is 2. The van der Waals surface area contributed by atoms with Crippen LogP contribution in [0, 0.1) is 0 Å². The predicted molar refractivity (Wildman–Crippen MR) is 102 cm³/mol. The van der Waals surface area contributed by atoms with Crippen LogP contribution in [0.3, 0.4) is 0 Å². The van der Waals surface area contributed by atoms with Crippen LogP contribution in [0.1, 0.15) is 44.1 Å². The van der Waals surface area contributed by atoms with Crippen molar-refractivity contribution < 1.29 is 8.42 Å². The van der Waals surface area contributed by atoms with E-state index in [4.69, 9.17) is 0 Å². The summed E-state index contributed by atoms with van der Waals surface area (Å²) >= 11 is 0. The molecule has 0 radical (unpaired) electrons. The standard InChI is InChI=1S/C20H26N2O2S/c23-25(24,22-19-10-6-3-7-11-19)20-14-12-17(13-15-20)16-21-18-8-4-1-2-5-9-18/h3,6-7,10-15,18,21-22H,1-2,4-5,8-9,16H2. The summed E-state index contributed by atoms with van der Waals surface area (Å²) < 4.78 is 27.5. The second kappa shape index (κ2) is 8.50. The van der Waals surface area contributed by atoms with Gasteiger partial charge in [-0.15, -0.1) is 0 Å². The van der Waals surface area contributed by atoms with E-state index >= 15 is 0 Å². The van der Waals surface area contributed by atoms with Crippen LogP contribution in [0.4, 0.5) is 5.69 Å². The summed E-state index contributed by atoms with van der Waals surface area (Å²) in [7, 11) is -3.54. The Hall–Kier alpha value is -1.85. The highest BCUT2D eigenvalue weighted by Gasteiger charge is 2.14. The summed E-state index contributed by atoms with van der Waals surface area (Å²) in [6.45, 7) is 0.789. The molecular formula is C20H26N2O2S. The van der Waals surface area contributed by atoms with Gasteiger partial charge < -0.3 is 5.32 Å². The highest BCUT2D eigenvalue weighted by atomic mass is 32.2. The molecule has 2 N–H and O–H groups in total. The zero-order valence-corrected chi connectivity index (χ0v) is 15.3. The number of hydrogen-bond acceptors (Lipinski definition) is 3. The SMILES string of the molecule is O=S(=O)(Nc1ccccc1)c1ccc(CNC2CCCCCC2)cc1. The quantitative estimate of drug-likeness (QED) is 0.757. The first kappa shape index (κ1) is 18.0. The first-order chi connectivity index (χ1) is 12.1. The third-order valence-electron chi connectivity index (χ3n) is 4.71. The first-order valence-corrected chi connectivity index (χ1v) is 10.5. The van der Waals surface area contributed by atoms with E-state index in [0.717, 1.165) is 12.1 Å². The molecule has 0 aromatic heterocycles. The van der Waals surface area contributed by atoms with E-state index in [0.29, 0.717) is 11.7 Å². The van der Waals surface area contributed by atoms with Gasteiger partial charge in [-0.2, -0.15) is 0 Å². The molecule has 1 saturated carbocycles. The second-order valence-electron chi connectivity index (χ2n) is 6.68. The van der Waals surface area contributed by atoms with Gasteiger partial charge in [-0.1, -0.05) is 56.0 Å². The van der Waals surface area contributed by atoms with E-state index in [1.165, 1.54) is 38.5 Å². The number of hydrogen-bond donors (Lipinski definition) is 2. The van der Waals surface area contributed by atoms with Crippen LogP contribution >= 0.6 is 0 Å². The maximum atomic E-state index is 12.4. The molecule has 2 aromatic rings. The lowest BCUT2D eigenvalue weighted by Gasteiger charge is -2.16. The third-order valence-corrected chi connectivity index (χ3v) is 6.11. The maximum absolute atomic E-state index is 12.4. The van der Waals surface area contributed by atoms with E-state index in [1.807, 2.05) is 18.2 Å². The average Bonchev–Trinajstić information content (AvgIpc) is 2.90. The van der Waals surface area contributed by atoms with Crippen LogP contribution in [0.5, 0.6) is 0 Å². The molecule has 25 heavy (non-hydrogen) atoms. The van der Waals surface area contributed by atoms with Crippen LogP contribution in [0.15, 0.2) is 59.5 Å². The number of anilines is 1. The van der Waals surface area contributed by atoms with Crippen molar-refractivity contribution in [3.63, 3.8) is 0 Å². The molecule has 1 aliphatic carbocycles. The topological polar surface area (TPSA) is 58.2 Å². The van der Waals surface area contributed by atoms with Gasteiger partial charge in [-0.3, -0.25) is 4.72 Å². The Morgan fingerprint density at radius 1 is 0.840 bits per heavy atom. The van der Waals surface area contributed by atoms with Crippen LogP contribution in [-0.4, -0.2) is 14.5 Å². The zero-order valence-electron chi connectivity index (χ0n) is 14.4. The smallest absolute Gasteiger partial charge is 0.261 e. The van der Waals surface area contributed by atoms with Crippen LogP contribution in [-0.2, 0) is 16.6 Å². The third kappa shape index (κ3) is 5.31. The van der Waals surface area contributed by atoms with Crippen LogP contribution in [0.2, 0.25) is 0 Å². The lowest BCUT2D eigenvalue weighted by molar-refractivity contribution is 0.459. The number of benzene rings is 2. The molecule has 3 rings (SSSR count). The van der Waals surface area contributed by atoms with Crippen molar-refractivity contribution >= 4 is 15.7 Å². The summed E-state index contributed by atoms with van der Waals surface area (Å²) in [6, 6.07) is 16.7. The number of rotatable bonds is 6. The van der Waals surface area contributed by atoms with Gasteiger partial charge in [0.1, 0.15) is 0 Å². The largest absolute Gasteiger partial charge is 0.310 e. The molecule has 5 heteroatoms. The molecule has 0 amide bonds. The summed E-state index contributed by atoms with van der Waals surface area (Å²) in [6.07, 6.45) is 7.79. The van der Waals surface area contributed by atoms with Crippen molar-refractivity contribution in [2.24, 2.45) is 0 Å². The second-order valence-corrected chi connectivity index (χ2v) is 8.37. The molecule has 1 aliphatic rings. The van der Waals surface area contributed by atoms with E-state index < -0.39 is 10.0 Å². The van der Waals surface area contributed by atoms with E-state index in [2.05, 4.69) is 10.0 Å². The Morgan fingerprint density at radius 2 is 1.48 bits per heavy atom. The first-order valence-electron chi connectivity index (χ1n) is 9.04. The van der Waals surface area contributed by atoms with E-state index in [-0.39, 0.29) is 4.90 Å². The maximum Gasteiger partial charge on any atom is 0.261 e. The Balaban J connectivity index is 1.59. The van der Waals surface area contributed by atoms with Crippen molar-refractivity contribution in [2.75, 3.05) is 4.72 Å². The van der Waals surface area contributed by atoms with E-state index in [1.54, 1.807) is 36.4 Å². The number of para-hydroxylation sites is 1. The molecule has 134 valence electrons. The van der Waals surface area contributed by atoms with Gasteiger partial charge in [-0.05, 0) is 42.7 Å². The molecule has 4 nitrogen and oxygen atoms in total. The molecule has 2 aromatic carbocycles. The van der Waals surface area contributed by atoms with Gasteiger partial charge in [0, 0.05) is 18.3 Å². The Kier molecular flexibility index (Phi) is 6.10. The molecule has 0 spiro atoms. The van der Waals surface area contributed by atoms with Crippen molar-refractivity contribution in [1.29, 1.82) is 0 Å². The van der Waals surface area contributed by atoms with Gasteiger partial charge >= 0.3 is 0 Å². The predicted octanol–water partition coefficient (Wildman–Crippen LogP) is 4.30. The van der Waals surface area contributed by atoms with Gasteiger partial charge in [-0.25, -0.2) is 8.42 Å². The minimum Gasteiger partial charge on any atom is -0.310 e. The van der Waals surface area contributed by atoms with E-state index in [9.17, 15) is 8.42 Å². The monoisotopic (exact) mass is 358 g/mol. The molecule has 0 atom stereocenters. The fourth-order valence-electron chi connectivity index (χ4n) is 3.25. The molecule has 1 fully saturated rings. The summed E-state index contributed by atoms with van der Waals surface area (Å²) in [5, 5.41) is 3.61. The fourth-order valence-corrected chi connectivity index (χ4v) is 4.31. The normalized spacial score (nSPS) is 16.3. The van der Waals surface area contributed by atoms with Gasteiger partial charge in [0.25, 0.3) is 10.0 Å². The van der Waals surface area contributed by atoms with Crippen molar-refractivity contribution in [3.05, 3.63) is 60.2 Å². The highest BCUT2D eigenvalue weighted by molar-refractivity contribution is 7.92. The van der Waals surface area contributed by atoms with Crippen LogP contribution < -0.4 is 10.0 Å². The zero-order chi connectivity index (χ0) is 17.5. The molecule has 0 unspecified atom stereocenters. The van der Waals surface area contributed by atoms with Crippen molar-refractivity contribution in [3.8, 4) is 0 Å². The van der Waals surface area contributed by atoms with Crippen molar-refractivity contribution in [1.82, 2.24) is 5.32 Å². The molecular weight excluding hydrogens is 332 g/mol. The molecule has 0 aliphatic heterocycles. The summed E-state index contributed by atoms with van der Waals surface area (Å²) in [5.74, 6) is 0.